The lowest BCUT2D eigenvalue weighted by atomic mass is 10.1. The van der Waals surface area contributed by atoms with E-state index in [1.54, 1.807) is 30.3 Å². The molecule has 2 aromatic carbocycles. The predicted molar refractivity (Wildman–Crippen MR) is 98.7 cm³/mol. The number of nitrogens with zero attached hydrogens (tertiary/aromatic N) is 1. The van der Waals surface area contributed by atoms with E-state index >= 15 is 0 Å². The van der Waals surface area contributed by atoms with Crippen molar-refractivity contribution in [2.24, 2.45) is 0 Å². The van der Waals surface area contributed by atoms with E-state index in [9.17, 15) is 23.2 Å². The summed E-state index contributed by atoms with van der Waals surface area (Å²) in [6.45, 7) is -2.91. The van der Waals surface area contributed by atoms with Crippen LogP contribution in [0.1, 0.15) is 30.4 Å². The minimum atomic E-state index is -2.91. The van der Waals surface area contributed by atoms with Crippen LogP contribution in [0, 0.1) is 0 Å². The zero-order chi connectivity index (χ0) is 20.5. The quantitative estimate of drug-likeness (QED) is 0.578. The molecule has 0 atom stereocenters. The number of benzene rings is 2. The summed E-state index contributed by atoms with van der Waals surface area (Å²) in [7, 11) is 0. The predicted octanol–water partition coefficient (Wildman–Crippen LogP) is 4.38. The van der Waals surface area contributed by atoms with Crippen LogP contribution in [-0.2, 0) is 4.84 Å². The molecule has 0 aliphatic carbocycles. The molecule has 0 saturated carbocycles. The molecule has 0 spiro atoms. The normalized spacial score (nSPS) is 13.0. The molecule has 6 nitrogen and oxygen atoms in total. The molecule has 0 saturated heterocycles. The van der Waals surface area contributed by atoms with Gasteiger partial charge in [0.25, 0.3) is 11.8 Å². The summed E-state index contributed by atoms with van der Waals surface area (Å²) in [4.78, 5) is 42.8. The molecule has 0 radical (unpaired) electrons. The van der Waals surface area contributed by atoms with Crippen LogP contribution in [0.4, 0.5) is 8.78 Å². The molecule has 0 fully saturated rings. The van der Waals surface area contributed by atoms with Gasteiger partial charge in [-0.3, -0.25) is 9.59 Å². The highest BCUT2D eigenvalue weighted by Gasteiger charge is 2.39. The first kappa shape index (κ1) is 18.8. The van der Waals surface area contributed by atoms with Crippen molar-refractivity contribution in [2.75, 3.05) is 0 Å². The van der Waals surface area contributed by atoms with Crippen LogP contribution in [0.3, 0.4) is 0 Å². The maximum atomic E-state index is 12.4. The third-order valence-electron chi connectivity index (χ3n) is 4.10. The third kappa shape index (κ3) is 3.59. The van der Waals surface area contributed by atoms with E-state index in [4.69, 9.17) is 4.84 Å². The number of thiophene rings is 1. The standard InChI is InChI=1S/C20H11F2NO5S/c21-20(22)27-12-7-5-11(6-8-12)15-9-10-16(29-15)19(26)28-23-17(24)13-3-1-2-4-14(13)18(23)25/h1-10,20H. The van der Waals surface area contributed by atoms with E-state index in [0.29, 0.717) is 15.5 Å². The lowest BCUT2D eigenvalue weighted by Crippen LogP contribution is -2.32. The van der Waals surface area contributed by atoms with Crippen molar-refractivity contribution in [2.45, 2.75) is 6.61 Å². The number of rotatable bonds is 5. The number of carbonyl (C=O) groups is 3. The maximum absolute atomic E-state index is 12.4. The lowest BCUT2D eigenvalue weighted by Gasteiger charge is -2.11. The van der Waals surface area contributed by atoms with Gasteiger partial charge in [0.05, 0.1) is 11.1 Å². The monoisotopic (exact) mass is 415 g/mol. The lowest BCUT2D eigenvalue weighted by molar-refractivity contribution is -0.0581. The van der Waals surface area contributed by atoms with Gasteiger partial charge in [-0.05, 0) is 54.1 Å². The zero-order valence-corrected chi connectivity index (χ0v) is 15.3. The smallest absolute Gasteiger partial charge is 0.387 e. The average molecular weight is 415 g/mol. The van der Waals surface area contributed by atoms with Gasteiger partial charge in [-0.1, -0.05) is 17.2 Å². The molecular weight excluding hydrogens is 404 g/mol. The number of hydrogen-bond donors (Lipinski definition) is 0. The first-order valence-corrected chi connectivity index (χ1v) is 9.11. The molecule has 9 heteroatoms. The summed E-state index contributed by atoms with van der Waals surface area (Å²) in [5.41, 5.74) is 1.02. The number of alkyl halides is 2. The second-order valence-corrected chi connectivity index (χ2v) is 6.98. The van der Waals surface area contributed by atoms with Crippen molar-refractivity contribution < 1.29 is 32.7 Å². The molecule has 3 aromatic rings. The summed E-state index contributed by atoms with van der Waals surface area (Å²) in [5.74, 6) is -2.24. The molecule has 0 N–H and O–H groups in total. The van der Waals surface area contributed by atoms with Crippen LogP contribution in [0.15, 0.2) is 60.7 Å². The van der Waals surface area contributed by atoms with Crippen molar-refractivity contribution >= 4 is 29.1 Å². The number of carbonyl (C=O) groups excluding carboxylic acids is 3. The fraction of sp³-hybridized carbons (Fsp3) is 0.0500. The Bertz CT molecular complexity index is 1080. The van der Waals surface area contributed by atoms with E-state index in [1.165, 1.54) is 30.3 Å². The van der Waals surface area contributed by atoms with Crippen molar-refractivity contribution in [1.29, 1.82) is 0 Å². The van der Waals surface area contributed by atoms with Gasteiger partial charge in [-0.25, -0.2) is 4.79 Å². The molecule has 1 aliphatic rings. The van der Waals surface area contributed by atoms with Crippen molar-refractivity contribution in [3.8, 4) is 16.2 Å². The minimum absolute atomic E-state index is 0.0190. The van der Waals surface area contributed by atoms with Crippen molar-refractivity contribution in [3.63, 3.8) is 0 Å². The minimum Gasteiger partial charge on any atom is -0.435 e. The highest BCUT2D eigenvalue weighted by molar-refractivity contribution is 7.17. The Morgan fingerprint density at radius 3 is 2.10 bits per heavy atom. The SMILES string of the molecule is O=C(ON1C(=O)c2ccccc2C1=O)c1ccc(-c2ccc(OC(F)F)cc2)s1. The summed E-state index contributed by atoms with van der Waals surface area (Å²) in [6, 6.07) is 15.2. The third-order valence-corrected chi connectivity index (χ3v) is 5.22. The Morgan fingerprint density at radius 1 is 0.897 bits per heavy atom. The zero-order valence-electron chi connectivity index (χ0n) is 14.5. The number of imide groups is 1. The van der Waals surface area contributed by atoms with Crippen LogP contribution in [-0.4, -0.2) is 29.5 Å². The molecular formula is C20H11F2NO5S. The Balaban J connectivity index is 1.48. The second kappa shape index (κ2) is 7.44. The number of hydrogen-bond acceptors (Lipinski definition) is 6. The van der Waals surface area contributed by atoms with Crippen LogP contribution in [0.25, 0.3) is 10.4 Å². The summed E-state index contributed by atoms with van der Waals surface area (Å²) in [5, 5.41) is 0.447. The Morgan fingerprint density at radius 2 is 1.52 bits per heavy atom. The molecule has 0 bridgehead atoms. The van der Waals surface area contributed by atoms with Crippen LogP contribution in [0.5, 0.6) is 5.75 Å². The molecule has 4 rings (SSSR count). The van der Waals surface area contributed by atoms with Gasteiger partial charge in [0.15, 0.2) is 0 Å². The molecule has 1 aromatic heterocycles. The maximum Gasteiger partial charge on any atom is 0.387 e. The van der Waals surface area contributed by atoms with E-state index < -0.39 is 24.4 Å². The van der Waals surface area contributed by atoms with Gasteiger partial charge >= 0.3 is 12.6 Å². The first-order chi connectivity index (χ1) is 13.9. The Hall–Kier alpha value is -3.59. The van der Waals surface area contributed by atoms with Crippen LogP contribution in [0.2, 0.25) is 0 Å². The van der Waals surface area contributed by atoms with Crippen LogP contribution >= 0.6 is 11.3 Å². The summed E-state index contributed by atoms with van der Waals surface area (Å²) in [6.07, 6.45) is 0. The number of amides is 2. The van der Waals surface area contributed by atoms with E-state index in [-0.39, 0.29) is 21.8 Å². The van der Waals surface area contributed by atoms with Gasteiger partial charge in [-0.2, -0.15) is 8.78 Å². The van der Waals surface area contributed by atoms with Gasteiger partial charge in [0.1, 0.15) is 10.6 Å². The highest BCUT2D eigenvalue weighted by atomic mass is 32.1. The highest BCUT2D eigenvalue weighted by Crippen LogP contribution is 2.31. The number of halogens is 2. The Kier molecular flexibility index (Phi) is 4.81. The molecule has 0 unspecified atom stereocenters. The second-order valence-electron chi connectivity index (χ2n) is 5.90. The summed E-state index contributed by atoms with van der Waals surface area (Å²) >= 11 is 1.07. The van der Waals surface area contributed by atoms with Crippen molar-refractivity contribution in [3.05, 3.63) is 76.7 Å². The number of ether oxygens (including phenoxy) is 1. The first-order valence-electron chi connectivity index (χ1n) is 8.29. The van der Waals surface area contributed by atoms with E-state index in [1.807, 2.05) is 0 Å². The Labute approximate surface area is 166 Å². The topological polar surface area (TPSA) is 72.9 Å². The fourth-order valence-electron chi connectivity index (χ4n) is 2.78. The van der Waals surface area contributed by atoms with E-state index in [0.717, 1.165) is 11.3 Å². The average Bonchev–Trinajstić information content (AvgIpc) is 3.29. The van der Waals surface area contributed by atoms with Gasteiger partial charge in [0, 0.05) is 4.88 Å². The van der Waals surface area contributed by atoms with Gasteiger partial charge in [-0.15, -0.1) is 11.3 Å². The van der Waals surface area contributed by atoms with Gasteiger partial charge in [0.2, 0.25) is 0 Å². The van der Waals surface area contributed by atoms with E-state index in [2.05, 4.69) is 4.74 Å². The molecule has 29 heavy (non-hydrogen) atoms. The molecule has 2 heterocycles. The van der Waals surface area contributed by atoms with Crippen LogP contribution < -0.4 is 4.74 Å². The molecule has 146 valence electrons. The number of hydroxylamine groups is 2. The van der Waals surface area contributed by atoms with Crippen molar-refractivity contribution in [1.82, 2.24) is 5.06 Å². The number of fused-ring (bicyclic) bond motifs is 1. The largest absolute Gasteiger partial charge is 0.435 e. The van der Waals surface area contributed by atoms with Gasteiger partial charge < -0.3 is 9.57 Å². The molecule has 1 aliphatic heterocycles. The fourth-order valence-corrected chi connectivity index (χ4v) is 3.66. The molecule has 2 amide bonds. The summed E-state index contributed by atoms with van der Waals surface area (Å²) < 4.78 is 28.7.